The molecule has 1 aromatic heterocycles. The van der Waals surface area contributed by atoms with Crippen molar-refractivity contribution in [3.8, 4) is 22.3 Å². The first-order valence-corrected chi connectivity index (χ1v) is 16.4. The molecule has 3 heteroatoms. The minimum atomic E-state index is 0.946. The Morgan fingerprint density at radius 2 is 0.848 bits per heavy atom. The van der Waals surface area contributed by atoms with Crippen LogP contribution in [0.2, 0.25) is 0 Å². The standard InChI is InChI=1S/C43H28N2S/c1-4-14-36-29(9-1)12-7-17-38(36)32-19-24-34(25-20-32)45(43-44-41-28-23-31-11-3-6-16-40(31)42(41)46-43)35-26-21-33(22-27-35)39-18-8-13-30-10-2-5-15-37(30)39/h1-28H. The van der Waals surface area contributed by atoms with Crippen molar-refractivity contribution in [3.63, 3.8) is 0 Å². The molecule has 0 saturated carbocycles. The molecule has 0 N–H and O–H groups in total. The van der Waals surface area contributed by atoms with Crippen LogP contribution >= 0.6 is 11.3 Å². The third-order valence-electron chi connectivity index (χ3n) is 8.91. The smallest absolute Gasteiger partial charge is 0.195 e. The van der Waals surface area contributed by atoms with Gasteiger partial charge in [0, 0.05) is 16.8 Å². The number of aromatic nitrogens is 1. The van der Waals surface area contributed by atoms with Gasteiger partial charge in [-0.25, -0.2) is 4.98 Å². The minimum Gasteiger partial charge on any atom is -0.286 e. The van der Waals surface area contributed by atoms with Crippen LogP contribution in [-0.4, -0.2) is 4.98 Å². The zero-order valence-corrected chi connectivity index (χ0v) is 25.8. The Hall–Kier alpha value is -5.77. The fourth-order valence-corrected chi connectivity index (χ4v) is 7.79. The molecule has 8 aromatic carbocycles. The lowest BCUT2D eigenvalue weighted by Gasteiger charge is -2.23. The van der Waals surface area contributed by atoms with Crippen molar-refractivity contribution in [3.05, 3.63) is 170 Å². The van der Waals surface area contributed by atoms with E-state index in [4.69, 9.17) is 4.98 Å². The predicted molar refractivity (Wildman–Crippen MR) is 198 cm³/mol. The SMILES string of the molecule is c1ccc2c(-c3ccc(N(c4ccc(-c5cccc6ccccc56)cc4)c4nc5ccc6ccccc6c5s4)cc3)cccc2c1. The van der Waals surface area contributed by atoms with Crippen molar-refractivity contribution < 1.29 is 0 Å². The van der Waals surface area contributed by atoms with Gasteiger partial charge in [-0.2, -0.15) is 0 Å². The Balaban J connectivity index is 1.18. The van der Waals surface area contributed by atoms with Gasteiger partial charge in [0.05, 0.1) is 10.2 Å². The summed E-state index contributed by atoms with van der Waals surface area (Å²) < 4.78 is 1.21. The van der Waals surface area contributed by atoms with Gasteiger partial charge >= 0.3 is 0 Å². The van der Waals surface area contributed by atoms with Crippen LogP contribution in [-0.2, 0) is 0 Å². The third kappa shape index (κ3) is 4.52. The van der Waals surface area contributed by atoms with Gasteiger partial charge in [-0.1, -0.05) is 151 Å². The van der Waals surface area contributed by atoms with E-state index < -0.39 is 0 Å². The Morgan fingerprint density at radius 1 is 0.391 bits per heavy atom. The molecule has 0 saturated heterocycles. The summed E-state index contributed by atoms with van der Waals surface area (Å²) in [6.07, 6.45) is 0. The number of fused-ring (bicyclic) bond motifs is 5. The van der Waals surface area contributed by atoms with E-state index >= 15 is 0 Å². The highest BCUT2D eigenvalue weighted by Crippen LogP contribution is 2.43. The number of anilines is 3. The predicted octanol–water partition coefficient (Wildman–Crippen LogP) is 12.6. The maximum atomic E-state index is 5.20. The molecule has 0 unspecified atom stereocenters. The van der Waals surface area contributed by atoms with E-state index in [0.29, 0.717) is 0 Å². The van der Waals surface area contributed by atoms with Crippen molar-refractivity contribution in [1.82, 2.24) is 4.98 Å². The molecule has 0 bridgehead atoms. The largest absolute Gasteiger partial charge is 0.286 e. The molecule has 46 heavy (non-hydrogen) atoms. The number of hydrogen-bond acceptors (Lipinski definition) is 3. The summed E-state index contributed by atoms with van der Waals surface area (Å²) in [7, 11) is 0. The molecule has 9 rings (SSSR count). The van der Waals surface area contributed by atoms with Crippen LogP contribution in [0, 0.1) is 0 Å². The topological polar surface area (TPSA) is 16.1 Å². The van der Waals surface area contributed by atoms with Gasteiger partial charge in [0.1, 0.15) is 0 Å². The molecule has 1 heterocycles. The van der Waals surface area contributed by atoms with Crippen LogP contribution in [0.3, 0.4) is 0 Å². The average Bonchev–Trinajstić information content (AvgIpc) is 3.56. The van der Waals surface area contributed by atoms with E-state index in [-0.39, 0.29) is 0 Å². The van der Waals surface area contributed by atoms with E-state index in [0.717, 1.165) is 22.0 Å². The van der Waals surface area contributed by atoms with Gasteiger partial charge in [-0.15, -0.1) is 0 Å². The highest BCUT2D eigenvalue weighted by Gasteiger charge is 2.19. The maximum absolute atomic E-state index is 5.20. The number of nitrogens with zero attached hydrogens (tertiary/aromatic N) is 2. The second-order valence-corrected chi connectivity index (χ2v) is 12.6. The molecule has 0 radical (unpaired) electrons. The Morgan fingerprint density at radius 3 is 1.39 bits per heavy atom. The normalized spacial score (nSPS) is 11.5. The lowest BCUT2D eigenvalue weighted by molar-refractivity contribution is 1.25. The number of hydrogen-bond donors (Lipinski definition) is 0. The molecule has 0 fully saturated rings. The van der Waals surface area contributed by atoms with Gasteiger partial charge in [0.2, 0.25) is 0 Å². The number of rotatable bonds is 5. The van der Waals surface area contributed by atoms with Crippen molar-refractivity contribution in [1.29, 1.82) is 0 Å². The van der Waals surface area contributed by atoms with Gasteiger partial charge in [-0.05, 0) is 79.5 Å². The van der Waals surface area contributed by atoms with E-state index in [9.17, 15) is 0 Å². The number of benzene rings is 8. The van der Waals surface area contributed by atoms with E-state index in [1.54, 1.807) is 11.3 Å². The van der Waals surface area contributed by atoms with E-state index in [1.165, 1.54) is 59.3 Å². The lowest BCUT2D eigenvalue weighted by Crippen LogP contribution is -2.09. The van der Waals surface area contributed by atoms with Crippen molar-refractivity contribution >= 4 is 70.4 Å². The van der Waals surface area contributed by atoms with Crippen LogP contribution < -0.4 is 4.90 Å². The molecular weight excluding hydrogens is 577 g/mol. The molecule has 216 valence electrons. The Kier molecular flexibility index (Phi) is 6.36. The van der Waals surface area contributed by atoms with Crippen LogP contribution in [0.4, 0.5) is 16.5 Å². The van der Waals surface area contributed by atoms with E-state index in [1.807, 2.05) is 0 Å². The summed E-state index contributed by atoms with van der Waals surface area (Å²) in [5.74, 6) is 0. The lowest BCUT2D eigenvalue weighted by atomic mass is 9.97. The van der Waals surface area contributed by atoms with Gasteiger partial charge < -0.3 is 0 Å². The molecule has 9 aromatic rings. The van der Waals surface area contributed by atoms with Crippen LogP contribution in [0.1, 0.15) is 0 Å². The van der Waals surface area contributed by atoms with Gasteiger partial charge in [0.25, 0.3) is 0 Å². The van der Waals surface area contributed by atoms with E-state index in [2.05, 4.69) is 175 Å². The first-order chi connectivity index (χ1) is 22.8. The van der Waals surface area contributed by atoms with Crippen LogP contribution in [0.5, 0.6) is 0 Å². The summed E-state index contributed by atoms with van der Waals surface area (Å²) in [4.78, 5) is 7.49. The van der Waals surface area contributed by atoms with Crippen LogP contribution in [0.25, 0.3) is 64.8 Å². The summed E-state index contributed by atoms with van der Waals surface area (Å²) >= 11 is 1.74. The first kappa shape index (κ1) is 26.6. The molecule has 0 spiro atoms. The second-order valence-electron chi connectivity index (χ2n) is 11.6. The first-order valence-electron chi connectivity index (χ1n) is 15.5. The highest BCUT2D eigenvalue weighted by molar-refractivity contribution is 7.23. The fraction of sp³-hybridized carbons (Fsp3) is 0. The second kappa shape index (κ2) is 11.0. The number of thiazole rings is 1. The molecule has 0 atom stereocenters. The van der Waals surface area contributed by atoms with Crippen molar-refractivity contribution in [2.24, 2.45) is 0 Å². The summed E-state index contributed by atoms with van der Waals surface area (Å²) in [5.41, 5.74) is 8.03. The zero-order valence-electron chi connectivity index (χ0n) is 25.0. The van der Waals surface area contributed by atoms with Crippen molar-refractivity contribution in [2.75, 3.05) is 4.90 Å². The van der Waals surface area contributed by atoms with Gasteiger partial charge in [0.15, 0.2) is 5.13 Å². The summed E-state index contributed by atoms with van der Waals surface area (Å²) in [5, 5.41) is 8.44. The monoisotopic (exact) mass is 604 g/mol. The van der Waals surface area contributed by atoms with Crippen LogP contribution in [0.15, 0.2) is 170 Å². The third-order valence-corrected chi connectivity index (χ3v) is 10.0. The fourth-order valence-electron chi connectivity index (χ4n) is 6.64. The minimum absolute atomic E-state index is 0.946. The molecule has 0 aliphatic carbocycles. The summed E-state index contributed by atoms with van der Waals surface area (Å²) in [6, 6.07) is 60.9. The zero-order chi connectivity index (χ0) is 30.5. The van der Waals surface area contributed by atoms with Gasteiger partial charge in [-0.3, -0.25) is 4.90 Å². The quantitative estimate of drug-likeness (QED) is 0.194. The highest BCUT2D eigenvalue weighted by atomic mass is 32.1. The molecule has 2 nitrogen and oxygen atoms in total. The van der Waals surface area contributed by atoms with Crippen molar-refractivity contribution in [2.45, 2.75) is 0 Å². The Labute approximate surface area is 271 Å². The maximum Gasteiger partial charge on any atom is 0.195 e. The molecule has 0 aliphatic heterocycles. The Bertz CT molecular complexity index is 2390. The molecule has 0 aliphatic rings. The molecular formula is C43H28N2S. The molecule has 0 amide bonds. The summed E-state index contributed by atoms with van der Waals surface area (Å²) in [6.45, 7) is 0. The average molecular weight is 605 g/mol.